The van der Waals surface area contributed by atoms with Crippen LogP contribution < -0.4 is 16.0 Å². The number of hydrogen-bond acceptors (Lipinski definition) is 2. The van der Waals surface area contributed by atoms with Crippen molar-refractivity contribution in [2.75, 3.05) is 25.5 Å². The summed E-state index contributed by atoms with van der Waals surface area (Å²) >= 11 is 0. The normalized spacial score (nSPS) is 9.21. The van der Waals surface area contributed by atoms with Crippen LogP contribution in [0.3, 0.4) is 0 Å². The molecule has 0 radical (unpaired) electrons. The molecule has 2 amide bonds. The lowest BCUT2D eigenvalue weighted by Gasteiger charge is -2.06. The first kappa shape index (κ1) is 10.4. The van der Waals surface area contributed by atoms with Crippen molar-refractivity contribution in [3.63, 3.8) is 0 Å². The lowest BCUT2D eigenvalue weighted by atomic mass is 10.3. The molecule has 1 aromatic rings. The van der Waals surface area contributed by atoms with Crippen molar-refractivity contribution < 1.29 is 4.79 Å². The van der Waals surface area contributed by atoms with E-state index in [0.29, 0.717) is 6.54 Å². The van der Waals surface area contributed by atoms with E-state index in [0.717, 1.165) is 12.2 Å². The second-order valence-corrected chi connectivity index (χ2v) is 2.80. The summed E-state index contributed by atoms with van der Waals surface area (Å²) in [5, 5.41) is 8.36. The highest BCUT2D eigenvalue weighted by Gasteiger charge is 1.93. The number of benzene rings is 1. The maximum Gasteiger partial charge on any atom is 0.314 e. The standard InChI is InChI=1S/C10H15N3O/c1-11-10(14)13-8-7-12-9-5-3-2-4-6-9/h2-6,12H,7-8H2,1H3,(H2,11,13,14). The minimum atomic E-state index is -0.153. The lowest BCUT2D eigenvalue weighted by molar-refractivity contribution is 0.243. The van der Waals surface area contributed by atoms with Crippen molar-refractivity contribution in [3.05, 3.63) is 30.3 Å². The van der Waals surface area contributed by atoms with Crippen LogP contribution in [0.1, 0.15) is 0 Å². The number of amides is 2. The molecule has 0 unspecified atom stereocenters. The zero-order valence-electron chi connectivity index (χ0n) is 8.21. The first-order chi connectivity index (χ1) is 6.83. The highest BCUT2D eigenvalue weighted by molar-refractivity contribution is 5.73. The highest BCUT2D eigenvalue weighted by atomic mass is 16.2. The molecule has 0 aliphatic rings. The molecule has 0 aromatic heterocycles. The van der Waals surface area contributed by atoms with Crippen molar-refractivity contribution in [1.82, 2.24) is 10.6 Å². The smallest absolute Gasteiger partial charge is 0.314 e. The van der Waals surface area contributed by atoms with E-state index in [-0.39, 0.29) is 6.03 Å². The Balaban J connectivity index is 2.13. The SMILES string of the molecule is CNC(=O)NCCNc1ccccc1. The number of hydrogen-bond donors (Lipinski definition) is 3. The van der Waals surface area contributed by atoms with Gasteiger partial charge in [0, 0.05) is 25.8 Å². The predicted octanol–water partition coefficient (Wildman–Crippen LogP) is 1.03. The van der Waals surface area contributed by atoms with E-state index in [2.05, 4.69) is 16.0 Å². The quantitative estimate of drug-likeness (QED) is 0.625. The van der Waals surface area contributed by atoms with Crippen molar-refractivity contribution in [3.8, 4) is 0 Å². The first-order valence-electron chi connectivity index (χ1n) is 4.57. The third-order valence-electron chi connectivity index (χ3n) is 1.74. The van der Waals surface area contributed by atoms with Crippen LogP contribution in [-0.2, 0) is 0 Å². The zero-order valence-corrected chi connectivity index (χ0v) is 8.21. The van der Waals surface area contributed by atoms with E-state index in [4.69, 9.17) is 0 Å². The van der Waals surface area contributed by atoms with Crippen LogP contribution in [0.5, 0.6) is 0 Å². The number of carbonyl (C=O) groups excluding carboxylic acids is 1. The van der Waals surface area contributed by atoms with Crippen molar-refractivity contribution in [2.24, 2.45) is 0 Å². The van der Waals surface area contributed by atoms with Gasteiger partial charge in [-0.1, -0.05) is 18.2 Å². The molecule has 0 saturated heterocycles. The van der Waals surface area contributed by atoms with Gasteiger partial charge in [-0.15, -0.1) is 0 Å². The molecule has 0 atom stereocenters. The molecule has 76 valence electrons. The molecule has 0 heterocycles. The summed E-state index contributed by atoms with van der Waals surface area (Å²) in [4.78, 5) is 10.8. The summed E-state index contributed by atoms with van der Waals surface area (Å²) in [5.74, 6) is 0. The third kappa shape index (κ3) is 3.80. The number of urea groups is 1. The van der Waals surface area contributed by atoms with Gasteiger partial charge < -0.3 is 16.0 Å². The van der Waals surface area contributed by atoms with Gasteiger partial charge >= 0.3 is 6.03 Å². The molecule has 0 bridgehead atoms. The molecule has 0 spiro atoms. The number of nitrogens with one attached hydrogen (secondary N) is 3. The molecule has 0 aliphatic heterocycles. The Labute approximate surface area is 83.7 Å². The Morgan fingerprint density at radius 2 is 1.93 bits per heavy atom. The fraction of sp³-hybridized carbons (Fsp3) is 0.300. The van der Waals surface area contributed by atoms with Crippen LogP contribution in [-0.4, -0.2) is 26.2 Å². The second-order valence-electron chi connectivity index (χ2n) is 2.80. The van der Waals surface area contributed by atoms with Crippen molar-refractivity contribution in [1.29, 1.82) is 0 Å². The van der Waals surface area contributed by atoms with Gasteiger partial charge in [0.15, 0.2) is 0 Å². The van der Waals surface area contributed by atoms with Crippen LogP contribution in [0, 0.1) is 0 Å². The van der Waals surface area contributed by atoms with Gasteiger partial charge in [-0.05, 0) is 12.1 Å². The van der Waals surface area contributed by atoms with Crippen LogP contribution in [0.25, 0.3) is 0 Å². The fourth-order valence-electron chi connectivity index (χ4n) is 1.03. The molecular weight excluding hydrogens is 178 g/mol. The minimum Gasteiger partial charge on any atom is -0.383 e. The summed E-state index contributed by atoms with van der Waals surface area (Å²) in [6.07, 6.45) is 0. The zero-order chi connectivity index (χ0) is 10.2. The van der Waals surface area contributed by atoms with Gasteiger partial charge in [0.1, 0.15) is 0 Å². The van der Waals surface area contributed by atoms with Crippen LogP contribution >= 0.6 is 0 Å². The van der Waals surface area contributed by atoms with Gasteiger partial charge in [0.05, 0.1) is 0 Å². The topological polar surface area (TPSA) is 53.2 Å². The Hall–Kier alpha value is -1.71. The molecule has 3 N–H and O–H groups in total. The van der Waals surface area contributed by atoms with Gasteiger partial charge in [-0.3, -0.25) is 0 Å². The molecule has 0 saturated carbocycles. The average molecular weight is 193 g/mol. The molecule has 14 heavy (non-hydrogen) atoms. The van der Waals surface area contributed by atoms with E-state index in [1.54, 1.807) is 7.05 Å². The van der Waals surface area contributed by atoms with Gasteiger partial charge in [-0.2, -0.15) is 0 Å². The molecule has 0 aliphatic carbocycles. The monoisotopic (exact) mass is 193 g/mol. The summed E-state index contributed by atoms with van der Waals surface area (Å²) in [7, 11) is 1.60. The molecule has 1 rings (SSSR count). The van der Waals surface area contributed by atoms with E-state index in [9.17, 15) is 4.79 Å². The summed E-state index contributed by atoms with van der Waals surface area (Å²) in [5.41, 5.74) is 1.06. The largest absolute Gasteiger partial charge is 0.383 e. The summed E-state index contributed by atoms with van der Waals surface area (Å²) < 4.78 is 0. The Kier molecular flexibility index (Phi) is 4.34. The number of anilines is 1. The predicted molar refractivity (Wildman–Crippen MR) is 57.4 cm³/mol. The van der Waals surface area contributed by atoms with Crippen LogP contribution in [0.4, 0.5) is 10.5 Å². The van der Waals surface area contributed by atoms with Crippen LogP contribution in [0.15, 0.2) is 30.3 Å². The second kappa shape index (κ2) is 5.85. The first-order valence-corrected chi connectivity index (χ1v) is 4.57. The van der Waals surface area contributed by atoms with E-state index >= 15 is 0 Å². The minimum absolute atomic E-state index is 0.153. The number of rotatable bonds is 4. The molecule has 0 fully saturated rings. The van der Waals surface area contributed by atoms with E-state index in [1.165, 1.54) is 0 Å². The van der Waals surface area contributed by atoms with Gasteiger partial charge in [0.25, 0.3) is 0 Å². The maximum atomic E-state index is 10.8. The Bertz CT molecular complexity index is 274. The third-order valence-corrected chi connectivity index (χ3v) is 1.74. The van der Waals surface area contributed by atoms with Crippen molar-refractivity contribution >= 4 is 11.7 Å². The Morgan fingerprint density at radius 1 is 1.21 bits per heavy atom. The maximum absolute atomic E-state index is 10.8. The highest BCUT2D eigenvalue weighted by Crippen LogP contribution is 2.03. The average Bonchev–Trinajstić information content (AvgIpc) is 2.25. The van der Waals surface area contributed by atoms with E-state index < -0.39 is 0 Å². The summed E-state index contributed by atoms with van der Waals surface area (Å²) in [6, 6.07) is 9.72. The summed E-state index contributed by atoms with van der Waals surface area (Å²) in [6.45, 7) is 1.33. The molecule has 4 heteroatoms. The number of para-hydroxylation sites is 1. The van der Waals surface area contributed by atoms with E-state index in [1.807, 2.05) is 30.3 Å². The fourth-order valence-corrected chi connectivity index (χ4v) is 1.03. The number of carbonyl (C=O) groups is 1. The molecular formula is C10H15N3O. The lowest BCUT2D eigenvalue weighted by Crippen LogP contribution is -2.35. The molecule has 4 nitrogen and oxygen atoms in total. The van der Waals surface area contributed by atoms with Gasteiger partial charge in [-0.25, -0.2) is 4.79 Å². The van der Waals surface area contributed by atoms with Crippen molar-refractivity contribution in [2.45, 2.75) is 0 Å². The Morgan fingerprint density at radius 3 is 2.57 bits per heavy atom. The van der Waals surface area contributed by atoms with Crippen LogP contribution in [0.2, 0.25) is 0 Å². The molecule has 1 aromatic carbocycles. The van der Waals surface area contributed by atoms with Gasteiger partial charge in [0.2, 0.25) is 0 Å².